The zero-order chi connectivity index (χ0) is 35.0. The lowest BCUT2D eigenvalue weighted by molar-refractivity contribution is -0.00529. The Morgan fingerprint density at radius 2 is 1.16 bits per heavy atom. The lowest BCUT2D eigenvalue weighted by Gasteiger charge is -2.28. The van der Waals surface area contributed by atoms with E-state index < -0.39 is 5.41 Å². The van der Waals surface area contributed by atoms with Gasteiger partial charge in [0.1, 0.15) is 5.69 Å². The number of hydrogen-bond donors (Lipinski definition) is 0. The van der Waals surface area contributed by atoms with Crippen LogP contribution in [0.1, 0.15) is 42.3 Å². The zero-order valence-electron chi connectivity index (χ0n) is 29.8. The number of benzene rings is 2. The number of fused-ring (bicyclic) bond motifs is 2. The van der Waals surface area contributed by atoms with Crippen LogP contribution in [0.3, 0.4) is 0 Å². The summed E-state index contributed by atoms with van der Waals surface area (Å²) in [5, 5.41) is 17.3. The highest BCUT2D eigenvalue weighted by molar-refractivity contribution is 5.46. The molecule has 4 aromatic rings. The molecule has 12 nitrogen and oxygen atoms in total. The van der Waals surface area contributed by atoms with Crippen LogP contribution in [0.4, 0.5) is 0 Å². The summed E-state index contributed by atoms with van der Waals surface area (Å²) in [5.74, 6) is 2.21. The van der Waals surface area contributed by atoms with Gasteiger partial charge in [0.05, 0.1) is 110 Å². The van der Waals surface area contributed by atoms with Crippen molar-refractivity contribution in [2.24, 2.45) is 17.8 Å². The molecule has 3 unspecified atom stereocenters. The first-order valence-corrected chi connectivity index (χ1v) is 18.2. The van der Waals surface area contributed by atoms with E-state index in [-0.39, 0.29) is 0 Å². The fraction of sp³-hybridized carbons (Fsp3) is 0.538. The molecule has 0 radical (unpaired) electrons. The van der Waals surface area contributed by atoms with E-state index in [1.807, 2.05) is 29.2 Å². The molecule has 12 heteroatoms. The Labute approximate surface area is 301 Å². The largest absolute Gasteiger partial charge is 0.379 e. The van der Waals surface area contributed by atoms with Crippen LogP contribution < -0.4 is 0 Å². The second-order valence-electron chi connectivity index (χ2n) is 13.3. The molecule has 2 aliphatic rings. The molecule has 1 fully saturated rings. The lowest BCUT2D eigenvalue weighted by Crippen LogP contribution is -2.25. The maximum absolute atomic E-state index is 5.84. The Bertz CT molecular complexity index is 1540. The van der Waals surface area contributed by atoms with Gasteiger partial charge in [-0.1, -0.05) is 83.2 Å². The molecule has 1 saturated carbocycles. The second-order valence-corrected chi connectivity index (χ2v) is 13.3. The molecule has 0 spiro atoms. The van der Waals surface area contributed by atoms with E-state index in [9.17, 15) is 0 Å². The predicted octanol–water partition coefficient (Wildman–Crippen LogP) is 4.74. The molecule has 2 heterocycles. The normalized spacial score (nSPS) is 18.3. The highest BCUT2D eigenvalue weighted by Crippen LogP contribution is 2.43. The van der Waals surface area contributed by atoms with Gasteiger partial charge in [-0.3, -0.25) is 0 Å². The van der Waals surface area contributed by atoms with Crippen molar-refractivity contribution in [2.75, 3.05) is 72.7 Å². The zero-order valence-corrected chi connectivity index (χ0v) is 29.8. The van der Waals surface area contributed by atoms with Crippen LogP contribution in [-0.2, 0) is 53.5 Å². The van der Waals surface area contributed by atoms with Gasteiger partial charge in [0.2, 0.25) is 0 Å². The summed E-state index contributed by atoms with van der Waals surface area (Å²) in [4.78, 5) is 0. The smallest absolute Gasteiger partial charge is 0.108 e. The molecule has 3 atom stereocenters. The van der Waals surface area contributed by atoms with Gasteiger partial charge in [-0.2, -0.15) is 0 Å². The van der Waals surface area contributed by atoms with Crippen molar-refractivity contribution >= 4 is 0 Å². The van der Waals surface area contributed by atoms with Crippen LogP contribution >= 0.6 is 0 Å². The lowest BCUT2D eigenvalue weighted by atomic mass is 9.74. The highest BCUT2D eigenvalue weighted by atomic mass is 16.6. The number of ether oxygens (including phenoxy) is 6. The number of allylic oxidation sites excluding steroid dienone is 2. The Morgan fingerprint density at radius 3 is 1.75 bits per heavy atom. The average Bonchev–Trinajstić information content (AvgIpc) is 4.00. The van der Waals surface area contributed by atoms with Crippen molar-refractivity contribution in [3.63, 3.8) is 0 Å². The summed E-state index contributed by atoms with van der Waals surface area (Å²) in [6.45, 7) is 9.93. The molecule has 2 aliphatic carbocycles. The van der Waals surface area contributed by atoms with Gasteiger partial charge in [-0.25, -0.2) is 9.36 Å². The van der Waals surface area contributed by atoms with Crippen molar-refractivity contribution in [1.82, 2.24) is 30.0 Å². The summed E-state index contributed by atoms with van der Waals surface area (Å²) in [7, 11) is 0. The Morgan fingerprint density at radius 1 is 0.608 bits per heavy atom. The van der Waals surface area contributed by atoms with Crippen LogP contribution in [0.25, 0.3) is 0 Å². The maximum Gasteiger partial charge on any atom is 0.108 e. The Hall–Kier alpha value is -3.78. The number of rotatable bonds is 25. The first-order valence-electron chi connectivity index (χ1n) is 18.2. The molecule has 0 saturated heterocycles. The molecule has 0 aliphatic heterocycles. The maximum atomic E-state index is 5.84. The monoisotopic (exact) mass is 700 g/mol. The molecule has 0 amide bonds. The van der Waals surface area contributed by atoms with Gasteiger partial charge in [0.25, 0.3) is 0 Å². The van der Waals surface area contributed by atoms with E-state index in [2.05, 4.69) is 88.2 Å². The Balaban J connectivity index is 0.736. The molecule has 2 bridgehead atoms. The van der Waals surface area contributed by atoms with Gasteiger partial charge in [0.15, 0.2) is 0 Å². The van der Waals surface area contributed by atoms with Crippen LogP contribution in [-0.4, -0.2) is 103 Å². The summed E-state index contributed by atoms with van der Waals surface area (Å²) < 4.78 is 37.8. The van der Waals surface area contributed by atoms with E-state index in [0.717, 1.165) is 29.8 Å². The minimum atomic E-state index is -0.413. The molecule has 6 rings (SSSR count). The molecule has 274 valence electrons. The molecular weight excluding hydrogens is 648 g/mol. The second kappa shape index (κ2) is 19.7. The standard InChI is InChI=1S/C39H52N6O6/c1-39(35-8-4-2-5-9-35,36-10-6-3-7-11-36)38-29-45(43-41-38)15-17-46-18-19-48-20-21-49-23-25-51-31-37-28-44(42-40-37)14-16-47-22-24-50-30-34-27-32-12-13-33(34)26-32/h2-13,28-29,32-34H,14-27,30-31H2,1H3. The van der Waals surface area contributed by atoms with E-state index in [4.69, 9.17) is 28.4 Å². The molecule has 2 aromatic heterocycles. The SMILES string of the molecule is CC(c1ccccc1)(c1ccccc1)c1cn(CCOCCOCCOCCOCc2cn(CCOCCOCC3CC4C=CC3C4)nn2)nn1. The number of hydrogen-bond acceptors (Lipinski definition) is 10. The van der Waals surface area contributed by atoms with Crippen LogP contribution in [0, 0.1) is 17.8 Å². The van der Waals surface area contributed by atoms with Gasteiger partial charge in [-0.05, 0) is 48.6 Å². The third-order valence-electron chi connectivity index (χ3n) is 9.76. The van der Waals surface area contributed by atoms with Crippen molar-refractivity contribution in [3.05, 3.63) is 108 Å². The van der Waals surface area contributed by atoms with Crippen molar-refractivity contribution in [3.8, 4) is 0 Å². The van der Waals surface area contributed by atoms with Crippen LogP contribution in [0.2, 0.25) is 0 Å². The molecular formula is C39H52N6O6. The van der Waals surface area contributed by atoms with Gasteiger partial charge >= 0.3 is 0 Å². The fourth-order valence-electron chi connectivity index (χ4n) is 6.85. The van der Waals surface area contributed by atoms with E-state index in [1.54, 1.807) is 4.68 Å². The first kappa shape index (κ1) is 37.0. The van der Waals surface area contributed by atoms with Crippen molar-refractivity contribution < 1.29 is 28.4 Å². The highest BCUT2D eigenvalue weighted by Gasteiger charge is 2.35. The van der Waals surface area contributed by atoms with E-state index >= 15 is 0 Å². The minimum Gasteiger partial charge on any atom is -0.379 e. The van der Waals surface area contributed by atoms with Crippen LogP contribution in [0.5, 0.6) is 0 Å². The number of nitrogens with zero attached hydrogens (tertiary/aromatic N) is 6. The molecule has 0 N–H and O–H groups in total. The summed E-state index contributed by atoms with van der Waals surface area (Å²) in [6, 6.07) is 20.8. The predicted molar refractivity (Wildman–Crippen MR) is 191 cm³/mol. The fourth-order valence-corrected chi connectivity index (χ4v) is 6.85. The summed E-state index contributed by atoms with van der Waals surface area (Å²) in [6.07, 6.45) is 11.2. The molecule has 51 heavy (non-hydrogen) atoms. The Kier molecular flexibility index (Phi) is 14.3. The summed E-state index contributed by atoms with van der Waals surface area (Å²) in [5.41, 5.74) is 3.60. The third kappa shape index (κ3) is 10.9. The van der Waals surface area contributed by atoms with Gasteiger partial charge < -0.3 is 28.4 Å². The minimum absolute atomic E-state index is 0.388. The number of aromatic nitrogens is 6. The average molecular weight is 701 g/mol. The van der Waals surface area contributed by atoms with Crippen LogP contribution in [0.15, 0.2) is 85.2 Å². The topological polar surface area (TPSA) is 117 Å². The van der Waals surface area contributed by atoms with Gasteiger partial charge in [0, 0.05) is 6.20 Å². The van der Waals surface area contributed by atoms with E-state index in [1.165, 1.54) is 24.0 Å². The molecule has 2 aromatic carbocycles. The quantitative estimate of drug-likeness (QED) is 0.0710. The van der Waals surface area contributed by atoms with Crippen molar-refractivity contribution in [1.29, 1.82) is 0 Å². The first-order chi connectivity index (χ1) is 25.2. The summed E-state index contributed by atoms with van der Waals surface area (Å²) >= 11 is 0. The van der Waals surface area contributed by atoms with Gasteiger partial charge in [-0.15, -0.1) is 10.2 Å². The third-order valence-corrected chi connectivity index (χ3v) is 9.76. The van der Waals surface area contributed by atoms with Crippen molar-refractivity contribution in [2.45, 2.75) is 44.9 Å². The van der Waals surface area contributed by atoms with E-state index in [0.29, 0.717) is 91.7 Å².